The van der Waals surface area contributed by atoms with Crippen LogP contribution >= 0.6 is 0 Å². The lowest BCUT2D eigenvalue weighted by molar-refractivity contribution is -0.385. The molecular weight excluding hydrogens is 250 g/mol. The molecule has 0 aliphatic rings. The number of aliphatic hydroxyl groups excluding tert-OH is 1. The second kappa shape index (κ2) is 6.28. The van der Waals surface area contributed by atoms with Gasteiger partial charge in [0.05, 0.1) is 11.0 Å². The van der Waals surface area contributed by atoms with Crippen LogP contribution in [0.3, 0.4) is 0 Å². The third-order valence-electron chi connectivity index (χ3n) is 2.69. The molecule has 0 fully saturated rings. The number of aromatic nitrogens is 2. The summed E-state index contributed by atoms with van der Waals surface area (Å²) in [6, 6.07) is 0. The summed E-state index contributed by atoms with van der Waals surface area (Å²) in [4.78, 5) is 20.4. The van der Waals surface area contributed by atoms with Gasteiger partial charge in [-0.2, -0.15) is 4.98 Å². The fourth-order valence-electron chi connectivity index (χ4n) is 1.63. The molecule has 1 aromatic rings. The van der Waals surface area contributed by atoms with Crippen LogP contribution < -0.4 is 10.2 Å². The van der Waals surface area contributed by atoms with E-state index in [4.69, 9.17) is 0 Å². The first kappa shape index (κ1) is 15.1. The van der Waals surface area contributed by atoms with Crippen molar-refractivity contribution in [1.29, 1.82) is 0 Å². The molecule has 0 aliphatic heterocycles. The van der Waals surface area contributed by atoms with Crippen molar-refractivity contribution in [2.24, 2.45) is 0 Å². The Hall–Kier alpha value is -1.96. The van der Waals surface area contributed by atoms with Crippen molar-refractivity contribution in [1.82, 2.24) is 9.97 Å². The molecule has 0 bridgehead atoms. The smallest absolute Gasteiger partial charge is 0.332 e. The maximum Gasteiger partial charge on any atom is 0.332 e. The number of hydrogen-bond acceptors (Lipinski definition) is 7. The third-order valence-corrected chi connectivity index (χ3v) is 2.69. The number of hydrogen-bond donors (Lipinski definition) is 2. The van der Waals surface area contributed by atoms with Crippen molar-refractivity contribution in [3.05, 3.63) is 15.8 Å². The zero-order valence-corrected chi connectivity index (χ0v) is 11.5. The van der Waals surface area contributed by atoms with Crippen LogP contribution in [-0.2, 0) is 0 Å². The van der Waals surface area contributed by atoms with Gasteiger partial charge < -0.3 is 15.3 Å². The number of nitrogens with zero attached hydrogens (tertiary/aromatic N) is 4. The summed E-state index contributed by atoms with van der Waals surface area (Å²) >= 11 is 0. The van der Waals surface area contributed by atoms with E-state index in [1.807, 2.05) is 0 Å². The summed E-state index contributed by atoms with van der Waals surface area (Å²) in [7, 11) is 3.36. The van der Waals surface area contributed by atoms with Gasteiger partial charge in [0.15, 0.2) is 0 Å². The summed E-state index contributed by atoms with van der Waals surface area (Å²) in [5, 5.41) is 23.2. The first-order valence-electron chi connectivity index (χ1n) is 5.96. The highest BCUT2D eigenvalue weighted by Crippen LogP contribution is 2.29. The SMILES string of the molecule is CNc1nc(C)c([N+](=O)[O-])c(N(C)CCC(C)O)n1. The number of aryl methyl sites for hydroxylation is 1. The average Bonchev–Trinajstić information content (AvgIpc) is 2.34. The quantitative estimate of drug-likeness (QED) is 0.585. The monoisotopic (exact) mass is 269 g/mol. The van der Waals surface area contributed by atoms with E-state index in [0.717, 1.165) is 0 Å². The molecule has 1 unspecified atom stereocenters. The molecule has 8 heteroatoms. The highest BCUT2D eigenvalue weighted by molar-refractivity contribution is 5.62. The van der Waals surface area contributed by atoms with Crippen molar-refractivity contribution in [3.63, 3.8) is 0 Å². The minimum Gasteiger partial charge on any atom is -0.393 e. The van der Waals surface area contributed by atoms with Gasteiger partial charge in [-0.05, 0) is 20.3 Å². The van der Waals surface area contributed by atoms with Crippen LogP contribution in [0.25, 0.3) is 0 Å². The molecule has 1 aromatic heterocycles. The van der Waals surface area contributed by atoms with Crippen LogP contribution in [0.15, 0.2) is 0 Å². The van der Waals surface area contributed by atoms with Crippen LogP contribution in [-0.4, -0.2) is 46.7 Å². The fraction of sp³-hybridized carbons (Fsp3) is 0.636. The number of rotatable bonds is 6. The summed E-state index contributed by atoms with van der Waals surface area (Å²) < 4.78 is 0. The first-order chi connectivity index (χ1) is 8.86. The van der Waals surface area contributed by atoms with E-state index < -0.39 is 11.0 Å². The van der Waals surface area contributed by atoms with Gasteiger partial charge in [-0.1, -0.05) is 0 Å². The third kappa shape index (κ3) is 3.75. The lowest BCUT2D eigenvalue weighted by atomic mass is 10.2. The Morgan fingerprint density at radius 2 is 2.16 bits per heavy atom. The topological polar surface area (TPSA) is 104 Å². The molecule has 0 amide bonds. The molecular formula is C11H19N5O3. The van der Waals surface area contributed by atoms with E-state index in [-0.39, 0.29) is 11.5 Å². The zero-order chi connectivity index (χ0) is 14.6. The van der Waals surface area contributed by atoms with Gasteiger partial charge in [0.25, 0.3) is 0 Å². The molecule has 0 aromatic carbocycles. The van der Waals surface area contributed by atoms with Crippen molar-refractivity contribution >= 4 is 17.5 Å². The predicted molar refractivity (Wildman–Crippen MR) is 72.5 cm³/mol. The summed E-state index contributed by atoms with van der Waals surface area (Å²) in [6.45, 7) is 3.72. The van der Waals surface area contributed by atoms with E-state index in [2.05, 4.69) is 15.3 Å². The van der Waals surface area contributed by atoms with Gasteiger partial charge in [-0.25, -0.2) is 4.98 Å². The Kier molecular flexibility index (Phi) is 4.99. The van der Waals surface area contributed by atoms with Crippen molar-refractivity contribution in [2.45, 2.75) is 26.4 Å². The Balaban J connectivity index is 3.15. The molecule has 1 atom stereocenters. The molecule has 8 nitrogen and oxygen atoms in total. The molecule has 106 valence electrons. The Morgan fingerprint density at radius 3 is 2.63 bits per heavy atom. The Bertz CT molecular complexity index is 464. The van der Waals surface area contributed by atoms with Crippen LogP contribution in [0.5, 0.6) is 0 Å². The van der Waals surface area contributed by atoms with Gasteiger partial charge in [-0.15, -0.1) is 0 Å². The van der Waals surface area contributed by atoms with Crippen LogP contribution in [0.4, 0.5) is 17.5 Å². The van der Waals surface area contributed by atoms with Crippen molar-refractivity contribution in [2.75, 3.05) is 30.9 Å². The Labute approximate surface area is 111 Å². The molecule has 0 aliphatic carbocycles. The normalized spacial score (nSPS) is 12.1. The highest BCUT2D eigenvalue weighted by Gasteiger charge is 2.24. The van der Waals surface area contributed by atoms with Crippen LogP contribution in [0.2, 0.25) is 0 Å². The second-order valence-electron chi connectivity index (χ2n) is 4.37. The predicted octanol–water partition coefficient (Wildman–Crippen LogP) is 0.942. The molecule has 1 rings (SSSR count). The van der Waals surface area contributed by atoms with Gasteiger partial charge in [-0.3, -0.25) is 10.1 Å². The molecule has 0 saturated carbocycles. The zero-order valence-electron chi connectivity index (χ0n) is 11.5. The van der Waals surface area contributed by atoms with Crippen LogP contribution in [0.1, 0.15) is 19.0 Å². The number of anilines is 2. The molecule has 2 N–H and O–H groups in total. The molecule has 19 heavy (non-hydrogen) atoms. The van der Waals surface area contributed by atoms with E-state index >= 15 is 0 Å². The lowest BCUT2D eigenvalue weighted by Crippen LogP contribution is -2.24. The van der Waals surface area contributed by atoms with Crippen molar-refractivity contribution < 1.29 is 10.0 Å². The van der Waals surface area contributed by atoms with Gasteiger partial charge >= 0.3 is 5.69 Å². The maximum absolute atomic E-state index is 11.1. The fourth-order valence-corrected chi connectivity index (χ4v) is 1.63. The summed E-state index contributed by atoms with van der Waals surface area (Å²) in [5.74, 6) is 0.587. The van der Waals surface area contributed by atoms with E-state index in [1.165, 1.54) is 0 Å². The molecule has 0 spiro atoms. The van der Waals surface area contributed by atoms with Gasteiger partial charge in [0, 0.05) is 20.6 Å². The van der Waals surface area contributed by atoms with E-state index in [1.54, 1.807) is 32.8 Å². The van der Waals surface area contributed by atoms with Gasteiger partial charge in [0.2, 0.25) is 11.8 Å². The summed E-state index contributed by atoms with van der Waals surface area (Å²) in [6.07, 6.45) is 0.0409. The van der Waals surface area contributed by atoms with E-state index in [9.17, 15) is 15.2 Å². The minimum absolute atomic E-state index is 0.105. The maximum atomic E-state index is 11.1. The average molecular weight is 269 g/mol. The van der Waals surface area contributed by atoms with Crippen LogP contribution in [0, 0.1) is 17.0 Å². The minimum atomic E-state index is -0.483. The number of nitrogens with one attached hydrogen (secondary N) is 1. The molecule has 1 heterocycles. The van der Waals surface area contributed by atoms with Crippen molar-refractivity contribution in [3.8, 4) is 0 Å². The molecule has 0 saturated heterocycles. The number of aliphatic hydroxyl groups is 1. The largest absolute Gasteiger partial charge is 0.393 e. The van der Waals surface area contributed by atoms with Gasteiger partial charge in [0.1, 0.15) is 5.69 Å². The first-order valence-corrected chi connectivity index (χ1v) is 5.96. The highest BCUT2D eigenvalue weighted by atomic mass is 16.6. The number of nitro groups is 1. The van der Waals surface area contributed by atoms with E-state index in [0.29, 0.717) is 24.6 Å². The Morgan fingerprint density at radius 1 is 1.53 bits per heavy atom. The second-order valence-corrected chi connectivity index (χ2v) is 4.37. The summed E-state index contributed by atoms with van der Waals surface area (Å²) in [5.41, 5.74) is 0.204. The standard InChI is InChI=1S/C11H19N5O3/c1-7(17)5-6-15(4)10-9(16(18)19)8(2)13-11(12-3)14-10/h7,17H,5-6H2,1-4H3,(H,12,13,14). The molecule has 0 radical (unpaired) electrons. The lowest BCUT2D eigenvalue weighted by Gasteiger charge is -2.19.